The number of benzene rings is 3. The molecule has 0 bridgehead atoms. The summed E-state index contributed by atoms with van der Waals surface area (Å²) in [5.74, 6) is -0.927. The third kappa shape index (κ3) is 4.03. The molecule has 0 spiro atoms. The first-order valence-corrected chi connectivity index (χ1v) is 10.2. The molecule has 0 aliphatic rings. The second-order valence-corrected chi connectivity index (χ2v) is 7.41. The van der Waals surface area contributed by atoms with Crippen molar-refractivity contribution in [2.24, 2.45) is 0 Å². The molecule has 0 aliphatic carbocycles. The molecule has 0 saturated heterocycles. The van der Waals surface area contributed by atoms with Gasteiger partial charge in [-0.05, 0) is 59.2 Å². The molecule has 2 nitrogen and oxygen atoms in total. The smallest absolute Gasteiger partial charge is 0.131 e. The van der Waals surface area contributed by atoms with Crippen LogP contribution in [0.3, 0.4) is 0 Å². The van der Waals surface area contributed by atoms with Gasteiger partial charge < -0.3 is 0 Å². The van der Waals surface area contributed by atoms with Gasteiger partial charge in [-0.1, -0.05) is 60.7 Å². The fraction of sp³-hybridized carbons (Fsp3) is 0. The first kappa shape index (κ1) is 19.8. The Morgan fingerprint density at radius 1 is 0.500 bits per heavy atom. The average molecular weight is 420 g/mol. The molecule has 0 saturated carbocycles. The van der Waals surface area contributed by atoms with E-state index in [1.54, 1.807) is 18.3 Å². The molecule has 0 unspecified atom stereocenters. The van der Waals surface area contributed by atoms with Crippen LogP contribution in [-0.2, 0) is 0 Å². The molecule has 3 aromatic carbocycles. The van der Waals surface area contributed by atoms with Crippen molar-refractivity contribution in [3.63, 3.8) is 0 Å². The summed E-state index contributed by atoms with van der Waals surface area (Å²) in [5.41, 5.74) is 6.14. The second kappa shape index (κ2) is 8.52. The molecule has 4 heteroatoms. The summed E-state index contributed by atoms with van der Waals surface area (Å²) in [6.07, 6.45) is 1.74. The van der Waals surface area contributed by atoms with Crippen LogP contribution >= 0.6 is 0 Å². The van der Waals surface area contributed by atoms with Crippen LogP contribution in [0.1, 0.15) is 0 Å². The van der Waals surface area contributed by atoms with Crippen LogP contribution in [0.2, 0.25) is 0 Å². The molecule has 2 heterocycles. The topological polar surface area (TPSA) is 25.8 Å². The van der Waals surface area contributed by atoms with E-state index in [9.17, 15) is 8.78 Å². The van der Waals surface area contributed by atoms with Gasteiger partial charge in [0.25, 0.3) is 0 Å². The van der Waals surface area contributed by atoms with Crippen LogP contribution in [-0.4, -0.2) is 9.97 Å². The third-order valence-electron chi connectivity index (χ3n) is 5.28. The third-order valence-corrected chi connectivity index (χ3v) is 5.28. The van der Waals surface area contributed by atoms with Crippen molar-refractivity contribution >= 4 is 0 Å². The van der Waals surface area contributed by atoms with E-state index in [2.05, 4.69) is 17.1 Å². The van der Waals surface area contributed by atoms with Crippen molar-refractivity contribution in [2.45, 2.75) is 0 Å². The Kier molecular flexibility index (Phi) is 5.26. The lowest BCUT2D eigenvalue weighted by Gasteiger charge is -2.11. The molecule has 0 fully saturated rings. The summed E-state index contributed by atoms with van der Waals surface area (Å²) in [5, 5.41) is 0. The maximum Gasteiger partial charge on any atom is 0.131 e. The zero-order valence-electron chi connectivity index (χ0n) is 17.0. The highest BCUT2D eigenvalue weighted by atomic mass is 19.1. The van der Waals surface area contributed by atoms with E-state index in [0.717, 1.165) is 45.9 Å². The molecule has 0 N–H and O–H groups in total. The van der Waals surface area contributed by atoms with E-state index in [0.29, 0.717) is 5.56 Å². The van der Waals surface area contributed by atoms with E-state index < -0.39 is 11.6 Å². The Balaban J connectivity index is 1.60. The Hall–Kier alpha value is -4.18. The first-order valence-electron chi connectivity index (χ1n) is 10.2. The van der Waals surface area contributed by atoms with E-state index in [1.165, 1.54) is 6.07 Å². The lowest BCUT2D eigenvalue weighted by molar-refractivity contribution is 0.603. The van der Waals surface area contributed by atoms with Crippen LogP contribution in [0, 0.1) is 11.6 Å². The molecule has 2 aromatic heterocycles. The van der Waals surface area contributed by atoms with E-state index >= 15 is 0 Å². The zero-order valence-corrected chi connectivity index (χ0v) is 17.0. The monoisotopic (exact) mass is 420 g/mol. The van der Waals surface area contributed by atoms with Crippen LogP contribution in [0.5, 0.6) is 0 Å². The highest BCUT2D eigenvalue weighted by Crippen LogP contribution is 2.31. The highest BCUT2D eigenvalue weighted by Gasteiger charge is 2.11. The maximum absolute atomic E-state index is 14.2. The Labute approximate surface area is 184 Å². The fourth-order valence-electron chi connectivity index (χ4n) is 3.66. The van der Waals surface area contributed by atoms with Gasteiger partial charge in [-0.15, -0.1) is 0 Å². The predicted octanol–water partition coefficient (Wildman–Crippen LogP) is 7.42. The standard InChI is InChI=1S/C28H18F2N2/c29-23-13-14-25(30)24(18-23)20-9-11-21(12-10-20)27-16-22(19-6-2-1-3-7-19)17-28(32-27)26-8-4-5-15-31-26/h1-18H. The first-order chi connectivity index (χ1) is 15.7. The van der Waals surface area contributed by atoms with E-state index in [-0.39, 0.29) is 5.56 Å². The fourth-order valence-corrected chi connectivity index (χ4v) is 3.66. The minimum absolute atomic E-state index is 0.233. The van der Waals surface area contributed by atoms with Crippen molar-refractivity contribution in [2.75, 3.05) is 0 Å². The summed E-state index contributed by atoms with van der Waals surface area (Å²) >= 11 is 0. The van der Waals surface area contributed by atoms with Gasteiger partial charge in [0.15, 0.2) is 0 Å². The van der Waals surface area contributed by atoms with Crippen LogP contribution < -0.4 is 0 Å². The molecule has 5 aromatic rings. The Morgan fingerprint density at radius 2 is 1.22 bits per heavy atom. The van der Waals surface area contributed by atoms with Gasteiger partial charge >= 0.3 is 0 Å². The summed E-state index contributed by atoms with van der Waals surface area (Å²) in [7, 11) is 0. The summed E-state index contributed by atoms with van der Waals surface area (Å²) in [6.45, 7) is 0. The summed E-state index contributed by atoms with van der Waals surface area (Å²) in [4.78, 5) is 9.29. The molecule has 5 rings (SSSR count). The number of halogens is 2. The molecule has 32 heavy (non-hydrogen) atoms. The van der Waals surface area contributed by atoms with Gasteiger partial charge in [0, 0.05) is 17.3 Å². The molecular formula is C28H18F2N2. The van der Waals surface area contributed by atoms with Gasteiger partial charge in [-0.3, -0.25) is 4.98 Å². The van der Waals surface area contributed by atoms with E-state index in [4.69, 9.17) is 4.98 Å². The van der Waals surface area contributed by atoms with Gasteiger partial charge in [-0.25, -0.2) is 13.8 Å². The number of pyridine rings is 2. The normalized spacial score (nSPS) is 10.8. The van der Waals surface area contributed by atoms with Crippen molar-refractivity contribution in [1.29, 1.82) is 0 Å². The Morgan fingerprint density at radius 3 is 1.97 bits per heavy atom. The quantitative estimate of drug-likeness (QED) is 0.302. The average Bonchev–Trinajstić information content (AvgIpc) is 2.86. The molecule has 0 atom stereocenters. The van der Waals surface area contributed by atoms with Crippen molar-refractivity contribution < 1.29 is 8.78 Å². The largest absolute Gasteiger partial charge is 0.255 e. The van der Waals surface area contributed by atoms with Gasteiger partial charge in [0.05, 0.1) is 17.1 Å². The van der Waals surface area contributed by atoms with E-state index in [1.807, 2.05) is 60.7 Å². The van der Waals surface area contributed by atoms with Gasteiger partial charge in [0.2, 0.25) is 0 Å². The summed E-state index contributed by atoms with van der Waals surface area (Å²) < 4.78 is 27.8. The number of nitrogens with zero attached hydrogens (tertiary/aromatic N) is 2. The lowest BCUT2D eigenvalue weighted by atomic mass is 9.99. The lowest BCUT2D eigenvalue weighted by Crippen LogP contribution is -1.93. The second-order valence-electron chi connectivity index (χ2n) is 7.41. The molecule has 0 amide bonds. The zero-order chi connectivity index (χ0) is 21.9. The van der Waals surface area contributed by atoms with Crippen molar-refractivity contribution in [3.8, 4) is 44.9 Å². The molecule has 0 aliphatic heterocycles. The minimum Gasteiger partial charge on any atom is -0.255 e. The highest BCUT2D eigenvalue weighted by molar-refractivity contribution is 5.77. The maximum atomic E-state index is 14.2. The molecule has 154 valence electrons. The number of hydrogen-bond donors (Lipinski definition) is 0. The van der Waals surface area contributed by atoms with Crippen LogP contribution in [0.25, 0.3) is 44.9 Å². The van der Waals surface area contributed by atoms with Crippen molar-refractivity contribution in [3.05, 3.63) is 121 Å². The van der Waals surface area contributed by atoms with Gasteiger partial charge in [-0.2, -0.15) is 0 Å². The Bertz CT molecular complexity index is 1310. The number of aromatic nitrogens is 2. The minimum atomic E-state index is -0.470. The molecular weight excluding hydrogens is 402 g/mol. The predicted molar refractivity (Wildman–Crippen MR) is 124 cm³/mol. The molecule has 0 radical (unpaired) electrons. The van der Waals surface area contributed by atoms with Gasteiger partial charge in [0.1, 0.15) is 11.6 Å². The van der Waals surface area contributed by atoms with Crippen molar-refractivity contribution in [1.82, 2.24) is 9.97 Å². The summed E-state index contributed by atoms with van der Waals surface area (Å²) in [6, 6.07) is 30.6. The number of hydrogen-bond acceptors (Lipinski definition) is 2. The SMILES string of the molecule is Fc1ccc(F)c(-c2ccc(-c3cc(-c4ccccc4)cc(-c4ccccn4)n3)cc2)c1. The van der Waals surface area contributed by atoms with Crippen LogP contribution in [0.4, 0.5) is 8.78 Å². The number of rotatable bonds is 4. The van der Waals surface area contributed by atoms with Crippen LogP contribution in [0.15, 0.2) is 109 Å².